The normalized spacial score (nSPS) is 31.4. The summed E-state index contributed by atoms with van der Waals surface area (Å²) in [6.07, 6.45) is 2.19. The third kappa shape index (κ3) is 2.89. The SMILES string of the molecule is CC1CC(=O)N(C(C)C(=O)N2CCCC2)C(C)C1C(=O)O. The second kappa shape index (κ2) is 6.03. The molecular formula is C15H24N2O4. The summed E-state index contributed by atoms with van der Waals surface area (Å²) in [6.45, 7) is 6.71. The molecule has 2 saturated heterocycles. The fourth-order valence-electron chi connectivity index (χ4n) is 3.72. The van der Waals surface area contributed by atoms with Gasteiger partial charge in [0.05, 0.1) is 5.92 Å². The zero-order valence-corrected chi connectivity index (χ0v) is 12.9. The summed E-state index contributed by atoms with van der Waals surface area (Å²) in [5, 5.41) is 9.38. The zero-order chi connectivity index (χ0) is 15.7. The van der Waals surface area contributed by atoms with Crippen LogP contribution in [0.4, 0.5) is 0 Å². The van der Waals surface area contributed by atoms with Crippen molar-refractivity contribution in [3.05, 3.63) is 0 Å². The topological polar surface area (TPSA) is 77.9 Å². The van der Waals surface area contributed by atoms with Gasteiger partial charge in [0.25, 0.3) is 0 Å². The molecule has 0 aromatic carbocycles. The average Bonchev–Trinajstić information content (AvgIpc) is 2.90. The molecule has 0 aliphatic carbocycles. The lowest BCUT2D eigenvalue weighted by molar-refractivity contribution is -0.161. The van der Waals surface area contributed by atoms with Crippen LogP contribution in [0.1, 0.15) is 40.0 Å². The van der Waals surface area contributed by atoms with Crippen molar-refractivity contribution in [3.8, 4) is 0 Å². The lowest BCUT2D eigenvalue weighted by atomic mass is 9.80. The molecular weight excluding hydrogens is 272 g/mol. The van der Waals surface area contributed by atoms with Gasteiger partial charge in [-0.15, -0.1) is 0 Å². The molecule has 2 aliphatic heterocycles. The van der Waals surface area contributed by atoms with Crippen LogP contribution in [0.15, 0.2) is 0 Å². The predicted molar refractivity (Wildman–Crippen MR) is 76.5 cm³/mol. The Morgan fingerprint density at radius 2 is 1.81 bits per heavy atom. The molecule has 0 radical (unpaired) electrons. The fourth-order valence-corrected chi connectivity index (χ4v) is 3.72. The van der Waals surface area contributed by atoms with Gasteiger partial charge in [0.1, 0.15) is 6.04 Å². The zero-order valence-electron chi connectivity index (χ0n) is 12.9. The summed E-state index contributed by atoms with van der Waals surface area (Å²) >= 11 is 0. The van der Waals surface area contributed by atoms with E-state index in [1.54, 1.807) is 25.7 Å². The van der Waals surface area contributed by atoms with E-state index in [0.717, 1.165) is 25.9 Å². The Hall–Kier alpha value is -1.59. The Bertz CT molecular complexity index is 445. The van der Waals surface area contributed by atoms with Gasteiger partial charge in [-0.05, 0) is 32.6 Å². The molecule has 6 heteroatoms. The van der Waals surface area contributed by atoms with Crippen LogP contribution < -0.4 is 0 Å². The number of amides is 2. The van der Waals surface area contributed by atoms with E-state index >= 15 is 0 Å². The number of nitrogens with zero attached hydrogens (tertiary/aromatic N) is 2. The number of aliphatic carboxylic acids is 1. The first-order valence-corrected chi connectivity index (χ1v) is 7.67. The molecule has 0 aromatic rings. The number of carboxylic acids is 1. The molecule has 0 aromatic heterocycles. The first-order chi connectivity index (χ1) is 9.84. The maximum Gasteiger partial charge on any atom is 0.308 e. The van der Waals surface area contributed by atoms with Gasteiger partial charge < -0.3 is 14.9 Å². The minimum absolute atomic E-state index is 0.0635. The molecule has 2 heterocycles. The van der Waals surface area contributed by atoms with E-state index in [4.69, 9.17) is 0 Å². The highest BCUT2D eigenvalue weighted by Crippen LogP contribution is 2.32. The number of likely N-dealkylation sites (tertiary alicyclic amines) is 2. The highest BCUT2D eigenvalue weighted by Gasteiger charge is 2.45. The summed E-state index contributed by atoms with van der Waals surface area (Å²) < 4.78 is 0. The van der Waals surface area contributed by atoms with Crippen molar-refractivity contribution in [2.75, 3.05) is 13.1 Å². The minimum atomic E-state index is -0.895. The van der Waals surface area contributed by atoms with Gasteiger partial charge in [-0.2, -0.15) is 0 Å². The predicted octanol–water partition coefficient (Wildman–Crippen LogP) is 0.955. The summed E-state index contributed by atoms with van der Waals surface area (Å²) in [4.78, 5) is 39.5. The second-order valence-electron chi connectivity index (χ2n) is 6.30. The molecule has 2 amide bonds. The molecule has 2 aliphatic rings. The Morgan fingerprint density at radius 1 is 1.24 bits per heavy atom. The summed E-state index contributed by atoms with van der Waals surface area (Å²) in [6, 6.07) is -1.04. The Balaban J connectivity index is 2.17. The molecule has 1 N–H and O–H groups in total. The van der Waals surface area contributed by atoms with E-state index in [9.17, 15) is 19.5 Å². The Labute approximate surface area is 125 Å². The van der Waals surface area contributed by atoms with Crippen LogP contribution in [0, 0.1) is 11.8 Å². The molecule has 4 unspecified atom stereocenters. The average molecular weight is 296 g/mol. The van der Waals surface area contributed by atoms with E-state index in [0.29, 0.717) is 0 Å². The first-order valence-electron chi connectivity index (χ1n) is 7.67. The number of carboxylic acid groups (broad SMARTS) is 1. The van der Waals surface area contributed by atoms with Crippen LogP contribution in [-0.2, 0) is 14.4 Å². The van der Waals surface area contributed by atoms with Crippen LogP contribution in [0.25, 0.3) is 0 Å². The lowest BCUT2D eigenvalue weighted by Gasteiger charge is -2.44. The fraction of sp³-hybridized carbons (Fsp3) is 0.800. The van der Waals surface area contributed by atoms with Crippen LogP contribution in [-0.4, -0.2) is 57.9 Å². The number of piperidine rings is 1. The third-order valence-electron chi connectivity index (χ3n) is 4.83. The molecule has 2 rings (SSSR count). The minimum Gasteiger partial charge on any atom is -0.481 e. The number of hydrogen-bond donors (Lipinski definition) is 1. The maximum absolute atomic E-state index is 12.5. The van der Waals surface area contributed by atoms with E-state index in [1.165, 1.54) is 4.90 Å². The Kier molecular flexibility index (Phi) is 4.54. The monoisotopic (exact) mass is 296 g/mol. The molecule has 118 valence electrons. The number of hydrogen-bond acceptors (Lipinski definition) is 3. The van der Waals surface area contributed by atoms with Crippen molar-refractivity contribution < 1.29 is 19.5 Å². The molecule has 21 heavy (non-hydrogen) atoms. The van der Waals surface area contributed by atoms with Crippen LogP contribution >= 0.6 is 0 Å². The van der Waals surface area contributed by atoms with Crippen LogP contribution in [0.3, 0.4) is 0 Å². The smallest absolute Gasteiger partial charge is 0.308 e. The number of carbonyl (C=O) groups excluding carboxylic acids is 2. The van der Waals surface area contributed by atoms with Crippen molar-refractivity contribution >= 4 is 17.8 Å². The number of rotatable bonds is 3. The van der Waals surface area contributed by atoms with Gasteiger partial charge in [-0.25, -0.2) is 0 Å². The molecule has 4 atom stereocenters. The lowest BCUT2D eigenvalue weighted by Crippen LogP contribution is -2.59. The van der Waals surface area contributed by atoms with Gasteiger partial charge in [-0.1, -0.05) is 6.92 Å². The molecule has 6 nitrogen and oxygen atoms in total. The highest BCUT2D eigenvalue weighted by molar-refractivity contribution is 5.89. The molecule has 2 fully saturated rings. The first kappa shape index (κ1) is 15.8. The standard InChI is InChI=1S/C15H24N2O4/c1-9-8-12(18)17(10(2)13(9)15(20)21)11(3)14(19)16-6-4-5-7-16/h9-11,13H,4-8H2,1-3H3,(H,20,21). The Morgan fingerprint density at radius 3 is 2.33 bits per heavy atom. The highest BCUT2D eigenvalue weighted by atomic mass is 16.4. The van der Waals surface area contributed by atoms with Crippen molar-refractivity contribution in [2.24, 2.45) is 11.8 Å². The molecule has 0 spiro atoms. The van der Waals surface area contributed by atoms with E-state index in [1.807, 2.05) is 0 Å². The van der Waals surface area contributed by atoms with Crippen LogP contribution in [0.5, 0.6) is 0 Å². The van der Waals surface area contributed by atoms with Crippen molar-refractivity contribution in [1.82, 2.24) is 9.80 Å². The second-order valence-corrected chi connectivity index (χ2v) is 6.30. The summed E-state index contributed by atoms with van der Waals surface area (Å²) in [7, 11) is 0. The number of carbonyl (C=O) groups is 3. The van der Waals surface area contributed by atoms with Crippen molar-refractivity contribution in [2.45, 2.75) is 52.1 Å². The van der Waals surface area contributed by atoms with Gasteiger partial charge in [0.15, 0.2) is 0 Å². The van der Waals surface area contributed by atoms with Gasteiger partial charge in [0.2, 0.25) is 11.8 Å². The van der Waals surface area contributed by atoms with Crippen molar-refractivity contribution in [1.29, 1.82) is 0 Å². The van der Waals surface area contributed by atoms with Crippen LogP contribution in [0.2, 0.25) is 0 Å². The maximum atomic E-state index is 12.5. The van der Waals surface area contributed by atoms with E-state index in [2.05, 4.69) is 0 Å². The van der Waals surface area contributed by atoms with Gasteiger partial charge >= 0.3 is 5.97 Å². The van der Waals surface area contributed by atoms with Gasteiger partial charge in [-0.3, -0.25) is 14.4 Å². The van der Waals surface area contributed by atoms with Gasteiger partial charge in [0, 0.05) is 25.6 Å². The quantitative estimate of drug-likeness (QED) is 0.841. The summed E-state index contributed by atoms with van der Waals surface area (Å²) in [5.74, 6) is -1.89. The third-order valence-corrected chi connectivity index (χ3v) is 4.83. The van der Waals surface area contributed by atoms with E-state index in [-0.39, 0.29) is 24.2 Å². The molecule has 0 saturated carbocycles. The molecule has 0 bridgehead atoms. The van der Waals surface area contributed by atoms with E-state index < -0.39 is 24.0 Å². The largest absolute Gasteiger partial charge is 0.481 e. The summed E-state index contributed by atoms with van der Waals surface area (Å²) in [5.41, 5.74) is 0. The van der Waals surface area contributed by atoms with Crippen molar-refractivity contribution in [3.63, 3.8) is 0 Å².